The Kier molecular flexibility index (Phi) is 4.55. The van der Waals surface area contributed by atoms with E-state index >= 15 is 0 Å². The molecule has 128 valence electrons. The SMILES string of the molecule is CCOC(=O)c1ccc2nc(S(C)(=O)=O)cc(-c3ccccc3)c2c1. The molecular formula is C19H17NO4S. The second-order valence-corrected chi connectivity index (χ2v) is 7.56. The third kappa shape index (κ3) is 3.53. The maximum Gasteiger partial charge on any atom is 0.338 e. The van der Waals surface area contributed by atoms with Crippen LogP contribution in [-0.4, -0.2) is 32.2 Å². The molecule has 2 aromatic carbocycles. The Morgan fingerprint density at radius 1 is 1.08 bits per heavy atom. The molecule has 3 aromatic rings. The van der Waals surface area contributed by atoms with Gasteiger partial charge in [0.05, 0.1) is 17.7 Å². The lowest BCUT2D eigenvalue weighted by Gasteiger charge is -2.11. The maximum atomic E-state index is 12.0. The van der Waals surface area contributed by atoms with Crippen molar-refractivity contribution in [2.75, 3.05) is 12.9 Å². The first-order chi connectivity index (χ1) is 11.9. The number of nitrogens with zero attached hydrogens (tertiary/aromatic N) is 1. The van der Waals surface area contributed by atoms with Gasteiger partial charge in [0.25, 0.3) is 0 Å². The summed E-state index contributed by atoms with van der Waals surface area (Å²) in [5, 5.41) is 0.701. The fourth-order valence-corrected chi connectivity index (χ4v) is 3.19. The smallest absolute Gasteiger partial charge is 0.338 e. The highest BCUT2D eigenvalue weighted by molar-refractivity contribution is 7.90. The van der Waals surface area contributed by atoms with Gasteiger partial charge in [-0.05, 0) is 42.3 Å². The molecule has 0 saturated carbocycles. The van der Waals surface area contributed by atoms with Crippen molar-refractivity contribution in [1.29, 1.82) is 0 Å². The van der Waals surface area contributed by atoms with E-state index < -0.39 is 15.8 Å². The van der Waals surface area contributed by atoms with Crippen LogP contribution in [0.4, 0.5) is 0 Å². The Hall–Kier alpha value is -2.73. The van der Waals surface area contributed by atoms with E-state index in [1.54, 1.807) is 31.2 Å². The normalized spacial score (nSPS) is 11.4. The summed E-state index contributed by atoms with van der Waals surface area (Å²) in [5.41, 5.74) is 2.47. The quantitative estimate of drug-likeness (QED) is 0.670. The highest BCUT2D eigenvalue weighted by atomic mass is 32.2. The number of ether oxygens (including phenoxy) is 1. The largest absolute Gasteiger partial charge is 0.462 e. The first-order valence-electron chi connectivity index (χ1n) is 7.77. The van der Waals surface area contributed by atoms with Crippen molar-refractivity contribution in [3.05, 3.63) is 60.2 Å². The lowest BCUT2D eigenvalue weighted by molar-refractivity contribution is 0.0526. The first kappa shape index (κ1) is 17.1. The summed E-state index contributed by atoms with van der Waals surface area (Å²) in [4.78, 5) is 16.3. The number of aromatic nitrogens is 1. The lowest BCUT2D eigenvalue weighted by atomic mass is 10.00. The Balaban J connectivity index is 2.31. The average Bonchev–Trinajstić information content (AvgIpc) is 2.60. The van der Waals surface area contributed by atoms with Crippen LogP contribution in [0, 0.1) is 0 Å². The molecular weight excluding hydrogens is 338 g/mol. The predicted molar refractivity (Wildman–Crippen MR) is 96.2 cm³/mol. The van der Waals surface area contributed by atoms with Crippen LogP contribution in [0.5, 0.6) is 0 Å². The number of carbonyl (C=O) groups excluding carboxylic acids is 1. The number of pyridine rings is 1. The minimum atomic E-state index is -3.46. The van der Waals surface area contributed by atoms with E-state index in [1.165, 1.54) is 0 Å². The van der Waals surface area contributed by atoms with Gasteiger partial charge in [-0.1, -0.05) is 30.3 Å². The van der Waals surface area contributed by atoms with E-state index in [4.69, 9.17) is 4.74 Å². The van der Waals surface area contributed by atoms with Gasteiger partial charge >= 0.3 is 5.97 Å². The van der Waals surface area contributed by atoms with E-state index in [2.05, 4.69) is 4.98 Å². The minimum Gasteiger partial charge on any atom is -0.462 e. The van der Waals surface area contributed by atoms with Crippen molar-refractivity contribution in [1.82, 2.24) is 4.98 Å². The molecule has 5 nitrogen and oxygen atoms in total. The number of rotatable bonds is 4. The maximum absolute atomic E-state index is 12.0. The average molecular weight is 355 g/mol. The molecule has 0 saturated heterocycles. The molecule has 0 atom stereocenters. The van der Waals surface area contributed by atoms with Crippen LogP contribution in [0.3, 0.4) is 0 Å². The molecule has 1 heterocycles. The second-order valence-electron chi connectivity index (χ2n) is 5.60. The van der Waals surface area contributed by atoms with Crippen LogP contribution < -0.4 is 0 Å². The summed E-state index contributed by atoms with van der Waals surface area (Å²) in [7, 11) is -3.46. The standard InChI is InChI=1S/C19H17NO4S/c1-3-24-19(21)14-9-10-17-16(11-14)15(13-7-5-4-6-8-13)12-18(20-17)25(2,22)23/h4-12H,3H2,1-2H3. The summed E-state index contributed by atoms with van der Waals surface area (Å²) in [6.45, 7) is 2.03. The monoisotopic (exact) mass is 355 g/mol. The highest BCUT2D eigenvalue weighted by Gasteiger charge is 2.16. The van der Waals surface area contributed by atoms with Gasteiger partial charge < -0.3 is 4.74 Å². The highest BCUT2D eigenvalue weighted by Crippen LogP contribution is 2.30. The van der Waals surface area contributed by atoms with Crippen molar-refractivity contribution in [3.8, 4) is 11.1 Å². The van der Waals surface area contributed by atoms with Crippen LogP contribution in [0.1, 0.15) is 17.3 Å². The van der Waals surface area contributed by atoms with Gasteiger partial charge in [-0.25, -0.2) is 18.2 Å². The van der Waals surface area contributed by atoms with Crippen LogP contribution in [0.2, 0.25) is 0 Å². The first-order valence-corrected chi connectivity index (χ1v) is 9.66. The Morgan fingerprint density at radius 2 is 1.80 bits per heavy atom. The minimum absolute atomic E-state index is 0.00253. The number of carbonyl (C=O) groups is 1. The van der Waals surface area contributed by atoms with Crippen LogP contribution in [0.15, 0.2) is 59.6 Å². The molecule has 0 unspecified atom stereocenters. The Bertz CT molecular complexity index is 1040. The zero-order chi connectivity index (χ0) is 18.0. The third-order valence-corrected chi connectivity index (χ3v) is 4.73. The van der Waals surface area contributed by atoms with Gasteiger partial charge in [0.15, 0.2) is 14.9 Å². The number of sulfone groups is 1. The lowest BCUT2D eigenvalue weighted by Crippen LogP contribution is -2.05. The van der Waals surface area contributed by atoms with E-state index in [9.17, 15) is 13.2 Å². The van der Waals surface area contributed by atoms with Crippen molar-refractivity contribution in [2.45, 2.75) is 11.9 Å². The molecule has 3 rings (SSSR count). The molecule has 25 heavy (non-hydrogen) atoms. The van der Waals surface area contributed by atoms with Crippen molar-refractivity contribution in [3.63, 3.8) is 0 Å². The molecule has 0 bridgehead atoms. The van der Waals surface area contributed by atoms with Gasteiger partial charge in [0.2, 0.25) is 0 Å². The molecule has 0 aliphatic carbocycles. The summed E-state index contributed by atoms with van der Waals surface area (Å²) in [5.74, 6) is -0.421. The van der Waals surface area contributed by atoms with Gasteiger partial charge in [-0.3, -0.25) is 0 Å². The molecule has 0 radical (unpaired) electrons. The van der Waals surface area contributed by atoms with E-state index in [-0.39, 0.29) is 11.6 Å². The third-order valence-electron chi connectivity index (χ3n) is 3.76. The second kappa shape index (κ2) is 6.64. The molecule has 0 amide bonds. The van der Waals surface area contributed by atoms with Crippen molar-refractivity contribution < 1.29 is 17.9 Å². The molecule has 0 spiro atoms. The van der Waals surface area contributed by atoms with Crippen LogP contribution >= 0.6 is 0 Å². The van der Waals surface area contributed by atoms with Gasteiger partial charge in [-0.15, -0.1) is 0 Å². The molecule has 0 fully saturated rings. The van der Waals surface area contributed by atoms with Gasteiger partial charge in [0, 0.05) is 11.6 Å². The molecule has 0 aliphatic heterocycles. The summed E-state index contributed by atoms with van der Waals surface area (Å²) >= 11 is 0. The van der Waals surface area contributed by atoms with E-state index in [0.29, 0.717) is 22.0 Å². The number of benzene rings is 2. The number of esters is 1. The molecule has 0 N–H and O–H groups in total. The summed E-state index contributed by atoms with van der Waals surface area (Å²) < 4.78 is 29.0. The van der Waals surface area contributed by atoms with Crippen molar-refractivity contribution in [2.24, 2.45) is 0 Å². The predicted octanol–water partition coefficient (Wildman–Crippen LogP) is 3.48. The Morgan fingerprint density at radius 3 is 2.44 bits per heavy atom. The number of hydrogen-bond acceptors (Lipinski definition) is 5. The fraction of sp³-hybridized carbons (Fsp3) is 0.158. The van der Waals surface area contributed by atoms with Crippen molar-refractivity contribution >= 4 is 26.7 Å². The fourth-order valence-electron chi connectivity index (χ4n) is 2.59. The van der Waals surface area contributed by atoms with Gasteiger partial charge in [-0.2, -0.15) is 0 Å². The zero-order valence-electron chi connectivity index (χ0n) is 13.9. The van der Waals surface area contributed by atoms with E-state index in [0.717, 1.165) is 11.8 Å². The topological polar surface area (TPSA) is 73.3 Å². The summed E-state index contributed by atoms with van der Waals surface area (Å²) in [6, 6.07) is 15.9. The molecule has 6 heteroatoms. The van der Waals surface area contributed by atoms with Gasteiger partial charge in [0.1, 0.15) is 0 Å². The van der Waals surface area contributed by atoms with Crippen LogP contribution in [0.25, 0.3) is 22.0 Å². The molecule has 1 aromatic heterocycles. The molecule has 0 aliphatic rings. The zero-order valence-corrected chi connectivity index (χ0v) is 14.7. The van der Waals surface area contributed by atoms with E-state index in [1.807, 2.05) is 30.3 Å². The Labute approximate surface area is 146 Å². The number of fused-ring (bicyclic) bond motifs is 1. The number of hydrogen-bond donors (Lipinski definition) is 0. The summed E-state index contributed by atoms with van der Waals surface area (Å²) in [6.07, 6.45) is 1.13. The van der Waals surface area contributed by atoms with Crippen LogP contribution in [-0.2, 0) is 14.6 Å².